The van der Waals surface area contributed by atoms with Crippen LogP contribution in [0.2, 0.25) is 0 Å². The van der Waals surface area contributed by atoms with Crippen molar-refractivity contribution >= 4 is 23.4 Å². The molecule has 0 saturated carbocycles. The molecular weight excluding hydrogens is 455 g/mol. The van der Waals surface area contributed by atoms with Crippen molar-refractivity contribution < 1.29 is 27.4 Å². The molecule has 3 rings (SSSR count). The van der Waals surface area contributed by atoms with Crippen LogP contribution in [0, 0.1) is 0 Å². The van der Waals surface area contributed by atoms with Gasteiger partial charge in [0.2, 0.25) is 5.91 Å². The molecule has 0 radical (unpaired) electrons. The molecule has 176 valence electrons. The zero-order chi connectivity index (χ0) is 23.8. The molecule has 1 aromatic heterocycles. The average molecular weight is 480 g/mol. The fourth-order valence-corrected chi connectivity index (χ4v) is 3.88. The van der Waals surface area contributed by atoms with Gasteiger partial charge in [-0.05, 0) is 31.5 Å². The van der Waals surface area contributed by atoms with Gasteiger partial charge in [-0.25, -0.2) is 4.98 Å². The molecular formula is C23H24F3N3O3S. The van der Waals surface area contributed by atoms with E-state index in [2.05, 4.69) is 10.3 Å². The lowest BCUT2D eigenvalue weighted by molar-refractivity contribution is -0.141. The van der Waals surface area contributed by atoms with Crippen LogP contribution in [0.4, 0.5) is 18.9 Å². The molecule has 0 aliphatic heterocycles. The molecule has 0 bridgehead atoms. The molecule has 33 heavy (non-hydrogen) atoms. The molecule has 0 atom stereocenters. The third-order valence-electron chi connectivity index (χ3n) is 4.39. The number of nitrogens with one attached hydrogen (secondary N) is 1. The van der Waals surface area contributed by atoms with Crippen molar-refractivity contribution in [1.29, 1.82) is 0 Å². The van der Waals surface area contributed by atoms with E-state index >= 15 is 0 Å². The average Bonchev–Trinajstić information content (AvgIpc) is 3.16. The second-order valence-electron chi connectivity index (χ2n) is 6.86. The molecule has 2 aromatic carbocycles. The lowest BCUT2D eigenvalue weighted by atomic mass is 10.2. The van der Waals surface area contributed by atoms with Crippen molar-refractivity contribution in [2.45, 2.75) is 31.7 Å². The third-order valence-corrected chi connectivity index (χ3v) is 5.38. The predicted molar refractivity (Wildman–Crippen MR) is 122 cm³/mol. The van der Waals surface area contributed by atoms with Gasteiger partial charge in [0.1, 0.15) is 6.54 Å². The number of imidazole rings is 1. The molecule has 0 fully saturated rings. The second kappa shape index (κ2) is 11.1. The van der Waals surface area contributed by atoms with Gasteiger partial charge in [-0.15, -0.1) is 0 Å². The van der Waals surface area contributed by atoms with Gasteiger partial charge in [-0.1, -0.05) is 42.1 Å². The van der Waals surface area contributed by atoms with Gasteiger partial charge in [0.05, 0.1) is 30.9 Å². The summed E-state index contributed by atoms with van der Waals surface area (Å²) in [5, 5.41) is 2.85. The van der Waals surface area contributed by atoms with Gasteiger partial charge in [-0.2, -0.15) is 13.2 Å². The number of hydrogen-bond acceptors (Lipinski definition) is 5. The quantitative estimate of drug-likeness (QED) is 0.381. The highest BCUT2D eigenvalue weighted by Crippen LogP contribution is 2.32. The number of nitrogens with zero attached hydrogens (tertiary/aromatic N) is 2. The largest absolute Gasteiger partial charge is 0.490 e. The molecule has 6 nitrogen and oxygen atoms in total. The number of carbonyl (C=O) groups excluding carboxylic acids is 1. The molecule has 0 saturated heterocycles. The molecule has 0 aliphatic rings. The highest BCUT2D eigenvalue weighted by atomic mass is 32.2. The fraction of sp³-hybridized carbons (Fsp3) is 0.304. The summed E-state index contributed by atoms with van der Waals surface area (Å²) in [6.07, 6.45) is -3.04. The highest BCUT2D eigenvalue weighted by Gasteiger charge is 2.31. The first-order valence-electron chi connectivity index (χ1n) is 10.3. The van der Waals surface area contributed by atoms with Gasteiger partial charge in [0, 0.05) is 11.8 Å². The summed E-state index contributed by atoms with van der Waals surface area (Å²) < 4.78 is 51.8. The number of benzene rings is 2. The number of aromatic nitrogens is 2. The first-order valence-corrected chi connectivity index (χ1v) is 11.3. The van der Waals surface area contributed by atoms with Crippen LogP contribution in [0.25, 0.3) is 11.3 Å². The van der Waals surface area contributed by atoms with E-state index in [1.54, 1.807) is 48.5 Å². The molecule has 0 aliphatic carbocycles. The molecule has 0 spiro atoms. The molecule has 1 heterocycles. The normalized spacial score (nSPS) is 11.3. The number of thioether (sulfide) groups is 1. The smallest absolute Gasteiger partial charge is 0.406 e. The Balaban J connectivity index is 1.72. The minimum atomic E-state index is -4.43. The molecule has 0 unspecified atom stereocenters. The number of rotatable bonds is 10. The van der Waals surface area contributed by atoms with Crippen molar-refractivity contribution in [3.63, 3.8) is 0 Å². The number of halogens is 3. The van der Waals surface area contributed by atoms with E-state index in [4.69, 9.17) is 9.47 Å². The van der Waals surface area contributed by atoms with Crippen LogP contribution in [0.15, 0.2) is 59.9 Å². The minimum Gasteiger partial charge on any atom is -0.490 e. The Labute approximate surface area is 194 Å². The number of ether oxygens (including phenoxy) is 2. The van der Waals surface area contributed by atoms with E-state index in [1.807, 2.05) is 13.8 Å². The van der Waals surface area contributed by atoms with E-state index in [1.165, 1.54) is 6.20 Å². The van der Waals surface area contributed by atoms with Gasteiger partial charge >= 0.3 is 6.18 Å². The van der Waals surface area contributed by atoms with E-state index in [-0.39, 0.29) is 16.8 Å². The second-order valence-corrected chi connectivity index (χ2v) is 7.80. The number of alkyl halides is 3. The Kier molecular flexibility index (Phi) is 8.26. The molecule has 1 amide bonds. The summed E-state index contributed by atoms with van der Waals surface area (Å²) in [6, 6.07) is 13.7. The van der Waals surface area contributed by atoms with E-state index < -0.39 is 12.7 Å². The first kappa shape index (κ1) is 24.5. The highest BCUT2D eigenvalue weighted by molar-refractivity contribution is 7.99. The Morgan fingerprint density at radius 1 is 1.06 bits per heavy atom. The van der Waals surface area contributed by atoms with Crippen molar-refractivity contribution in [2.24, 2.45) is 0 Å². The van der Waals surface area contributed by atoms with Crippen LogP contribution in [0.3, 0.4) is 0 Å². The number of amides is 1. The van der Waals surface area contributed by atoms with E-state index in [9.17, 15) is 18.0 Å². The summed E-state index contributed by atoms with van der Waals surface area (Å²) >= 11 is 0.940. The lowest BCUT2D eigenvalue weighted by Gasteiger charge is -2.14. The van der Waals surface area contributed by atoms with Crippen LogP contribution in [-0.2, 0) is 11.3 Å². The van der Waals surface area contributed by atoms with Crippen LogP contribution in [0.5, 0.6) is 11.5 Å². The van der Waals surface area contributed by atoms with Crippen LogP contribution >= 0.6 is 11.8 Å². The van der Waals surface area contributed by atoms with E-state index in [0.29, 0.717) is 41.7 Å². The summed E-state index contributed by atoms with van der Waals surface area (Å²) in [5.41, 5.74) is 1.45. The molecule has 3 aromatic rings. The Hall–Kier alpha value is -3.14. The van der Waals surface area contributed by atoms with Crippen molar-refractivity contribution in [3.05, 3.63) is 54.7 Å². The van der Waals surface area contributed by atoms with Crippen LogP contribution < -0.4 is 14.8 Å². The van der Waals surface area contributed by atoms with Gasteiger partial charge in [-0.3, -0.25) is 4.79 Å². The van der Waals surface area contributed by atoms with Gasteiger partial charge < -0.3 is 19.4 Å². The van der Waals surface area contributed by atoms with E-state index in [0.717, 1.165) is 16.3 Å². The Morgan fingerprint density at radius 2 is 1.76 bits per heavy atom. The summed E-state index contributed by atoms with van der Waals surface area (Å²) in [6.45, 7) is 3.40. The SMILES string of the molecule is CCOc1ccc(NC(=O)CSc2ncc(-c3ccccc3)n2CC(F)(F)F)cc1OCC. The van der Waals surface area contributed by atoms with Gasteiger partial charge in [0.15, 0.2) is 16.7 Å². The maximum Gasteiger partial charge on any atom is 0.406 e. The summed E-state index contributed by atoms with van der Waals surface area (Å²) in [4.78, 5) is 16.6. The first-order chi connectivity index (χ1) is 15.8. The van der Waals surface area contributed by atoms with Crippen LogP contribution in [0.1, 0.15) is 13.8 Å². The number of hydrogen-bond donors (Lipinski definition) is 1. The zero-order valence-corrected chi connectivity index (χ0v) is 19.0. The lowest BCUT2D eigenvalue weighted by Crippen LogP contribution is -2.20. The molecule has 10 heteroatoms. The van der Waals surface area contributed by atoms with Crippen LogP contribution in [-0.4, -0.2) is 40.6 Å². The van der Waals surface area contributed by atoms with Crippen molar-refractivity contribution in [3.8, 4) is 22.8 Å². The third kappa shape index (κ3) is 6.92. The number of carbonyl (C=O) groups is 1. The molecule has 1 N–H and O–H groups in total. The maximum atomic E-state index is 13.2. The summed E-state index contributed by atoms with van der Waals surface area (Å²) in [7, 11) is 0. The van der Waals surface area contributed by atoms with Crippen molar-refractivity contribution in [2.75, 3.05) is 24.3 Å². The monoisotopic (exact) mass is 479 g/mol. The standard InChI is InChI=1S/C23H24F3N3O3S/c1-3-31-19-11-10-17(12-20(19)32-4-2)28-21(30)14-33-22-27-13-18(16-8-6-5-7-9-16)29(22)15-23(24,25)26/h5-13H,3-4,14-15H2,1-2H3,(H,28,30). The topological polar surface area (TPSA) is 65.4 Å². The van der Waals surface area contributed by atoms with Gasteiger partial charge in [0.25, 0.3) is 0 Å². The summed E-state index contributed by atoms with van der Waals surface area (Å²) in [5.74, 6) is 0.571. The number of anilines is 1. The fourth-order valence-electron chi connectivity index (χ4n) is 3.10. The Morgan fingerprint density at radius 3 is 2.42 bits per heavy atom. The minimum absolute atomic E-state index is 0.111. The zero-order valence-electron chi connectivity index (χ0n) is 18.2. The maximum absolute atomic E-state index is 13.2. The predicted octanol–water partition coefficient (Wildman–Crippen LogP) is 5.64. The Bertz CT molecular complexity index is 1070. The van der Waals surface area contributed by atoms with Crippen molar-refractivity contribution in [1.82, 2.24) is 9.55 Å².